The molecule has 0 aliphatic carbocycles. The summed E-state index contributed by atoms with van der Waals surface area (Å²) >= 11 is 0. The van der Waals surface area contributed by atoms with Crippen LogP contribution in [0.25, 0.3) is 5.69 Å². The van der Waals surface area contributed by atoms with Crippen molar-refractivity contribution in [1.82, 2.24) is 20.0 Å². The Morgan fingerprint density at radius 1 is 1.26 bits per heavy atom. The Morgan fingerprint density at radius 2 is 2.00 bits per heavy atom. The molecular weight excluding hydrogens is 288 g/mol. The molecule has 1 amide bonds. The number of nitrogens with one attached hydrogen (secondary N) is 1. The molecule has 1 saturated heterocycles. The molecule has 23 heavy (non-hydrogen) atoms. The molecular formula is C18H24N4O. The van der Waals surface area contributed by atoms with Crippen molar-refractivity contribution < 1.29 is 4.79 Å². The van der Waals surface area contributed by atoms with Gasteiger partial charge < -0.3 is 10.2 Å². The van der Waals surface area contributed by atoms with Gasteiger partial charge in [0, 0.05) is 25.2 Å². The van der Waals surface area contributed by atoms with Gasteiger partial charge in [-0.05, 0) is 39.3 Å². The predicted molar refractivity (Wildman–Crippen MR) is 91.0 cm³/mol. The SMILES string of the molecule is Cc1ccccc1-n1ncc(C(=O)N2CCNC(C)C2C)c1C. The van der Waals surface area contributed by atoms with Crippen LogP contribution in [0.15, 0.2) is 30.5 Å². The number of carbonyl (C=O) groups excluding carboxylic acids is 1. The summed E-state index contributed by atoms with van der Waals surface area (Å²) in [6, 6.07) is 8.56. The quantitative estimate of drug-likeness (QED) is 0.926. The lowest BCUT2D eigenvalue weighted by Gasteiger charge is -2.38. The molecule has 0 radical (unpaired) electrons. The van der Waals surface area contributed by atoms with E-state index in [1.807, 2.05) is 34.7 Å². The van der Waals surface area contributed by atoms with E-state index in [2.05, 4.69) is 37.3 Å². The summed E-state index contributed by atoms with van der Waals surface area (Å²) in [6.45, 7) is 9.80. The first-order chi connectivity index (χ1) is 11.0. The standard InChI is InChI=1S/C18H24N4O/c1-12-7-5-6-8-17(12)22-15(4)16(11-20-22)18(23)21-10-9-19-13(2)14(21)3/h5-8,11,13-14,19H,9-10H2,1-4H3. The Hall–Kier alpha value is -2.14. The zero-order chi connectivity index (χ0) is 16.6. The van der Waals surface area contributed by atoms with Gasteiger partial charge in [0.25, 0.3) is 5.91 Å². The van der Waals surface area contributed by atoms with Gasteiger partial charge in [-0.15, -0.1) is 0 Å². The zero-order valence-corrected chi connectivity index (χ0v) is 14.2. The van der Waals surface area contributed by atoms with Gasteiger partial charge in [-0.1, -0.05) is 18.2 Å². The number of rotatable bonds is 2. The molecule has 2 heterocycles. The van der Waals surface area contributed by atoms with E-state index in [9.17, 15) is 4.79 Å². The van der Waals surface area contributed by atoms with Gasteiger partial charge in [-0.3, -0.25) is 4.79 Å². The van der Waals surface area contributed by atoms with Crippen LogP contribution in [0.1, 0.15) is 35.5 Å². The van der Waals surface area contributed by atoms with Crippen LogP contribution < -0.4 is 5.32 Å². The minimum absolute atomic E-state index is 0.0724. The maximum atomic E-state index is 13.0. The molecule has 1 fully saturated rings. The zero-order valence-electron chi connectivity index (χ0n) is 14.2. The summed E-state index contributed by atoms with van der Waals surface area (Å²) in [5, 5.41) is 7.87. The van der Waals surface area contributed by atoms with E-state index in [1.165, 1.54) is 0 Å². The third-order valence-corrected chi connectivity index (χ3v) is 4.88. The second-order valence-corrected chi connectivity index (χ2v) is 6.32. The summed E-state index contributed by atoms with van der Waals surface area (Å²) in [7, 11) is 0. The molecule has 2 unspecified atom stereocenters. The number of amides is 1. The Morgan fingerprint density at radius 3 is 2.74 bits per heavy atom. The van der Waals surface area contributed by atoms with Gasteiger partial charge >= 0.3 is 0 Å². The largest absolute Gasteiger partial charge is 0.333 e. The molecule has 3 rings (SSSR count). The van der Waals surface area contributed by atoms with Crippen LogP contribution in [0.4, 0.5) is 0 Å². The number of nitrogens with zero attached hydrogens (tertiary/aromatic N) is 3. The van der Waals surface area contributed by atoms with Gasteiger partial charge in [0.1, 0.15) is 0 Å². The average molecular weight is 312 g/mol. The second-order valence-electron chi connectivity index (χ2n) is 6.32. The van der Waals surface area contributed by atoms with Crippen LogP contribution in [-0.4, -0.2) is 45.8 Å². The number of piperazine rings is 1. The monoisotopic (exact) mass is 312 g/mol. The number of benzene rings is 1. The van der Waals surface area contributed by atoms with E-state index < -0.39 is 0 Å². The van der Waals surface area contributed by atoms with E-state index in [-0.39, 0.29) is 11.9 Å². The van der Waals surface area contributed by atoms with Gasteiger partial charge in [-0.2, -0.15) is 5.10 Å². The number of hydrogen-bond acceptors (Lipinski definition) is 3. The summed E-state index contributed by atoms with van der Waals surface area (Å²) in [5.41, 5.74) is 3.74. The lowest BCUT2D eigenvalue weighted by molar-refractivity contribution is 0.0602. The molecule has 1 aromatic carbocycles. The molecule has 0 spiro atoms. The molecule has 5 heteroatoms. The first-order valence-corrected chi connectivity index (χ1v) is 8.15. The number of hydrogen-bond donors (Lipinski definition) is 1. The molecule has 2 aromatic rings. The van der Waals surface area contributed by atoms with E-state index in [0.717, 1.165) is 30.0 Å². The van der Waals surface area contributed by atoms with E-state index in [1.54, 1.807) is 6.20 Å². The highest BCUT2D eigenvalue weighted by molar-refractivity contribution is 5.95. The smallest absolute Gasteiger partial charge is 0.257 e. The molecule has 2 atom stereocenters. The lowest BCUT2D eigenvalue weighted by atomic mass is 10.1. The fourth-order valence-corrected chi connectivity index (χ4v) is 3.16. The molecule has 5 nitrogen and oxygen atoms in total. The summed E-state index contributed by atoms with van der Waals surface area (Å²) < 4.78 is 1.86. The van der Waals surface area contributed by atoms with E-state index in [4.69, 9.17) is 0 Å². The van der Waals surface area contributed by atoms with Gasteiger partial charge in [-0.25, -0.2) is 4.68 Å². The summed E-state index contributed by atoms with van der Waals surface area (Å²) in [5.74, 6) is 0.0724. The van der Waals surface area contributed by atoms with Crippen LogP contribution in [0, 0.1) is 13.8 Å². The third kappa shape index (κ3) is 2.77. The molecule has 0 saturated carbocycles. The maximum Gasteiger partial charge on any atom is 0.257 e. The molecule has 1 N–H and O–H groups in total. The van der Waals surface area contributed by atoms with Crippen molar-refractivity contribution in [3.05, 3.63) is 47.3 Å². The van der Waals surface area contributed by atoms with Crippen LogP contribution in [0.3, 0.4) is 0 Å². The molecule has 122 valence electrons. The average Bonchev–Trinajstić information content (AvgIpc) is 2.91. The minimum Gasteiger partial charge on any atom is -0.333 e. The van der Waals surface area contributed by atoms with Gasteiger partial charge in [0.15, 0.2) is 0 Å². The Balaban J connectivity index is 1.93. The first kappa shape index (κ1) is 15.7. The van der Waals surface area contributed by atoms with Crippen LogP contribution in [-0.2, 0) is 0 Å². The Kier molecular flexibility index (Phi) is 4.22. The van der Waals surface area contributed by atoms with Crippen molar-refractivity contribution >= 4 is 5.91 Å². The van der Waals surface area contributed by atoms with Gasteiger partial charge in [0.05, 0.1) is 23.1 Å². The number of aromatic nitrogens is 2. The highest BCUT2D eigenvalue weighted by Gasteiger charge is 2.30. The van der Waals surface area contributed by atoms with Crippen molar-refractivity contribution in [2.45, 2.75) is 39.8 Å². The highest BCUT2D eigenvalue weighted by atomic mass is 16.2. The van der Waals surface area contributed by atoms with E-state index >= 15 is 0 Å². The maximum absolute atomic E-state index is 13.0. The Bertz CT molecular complexity index is 722. The number of aryl methyl sites for hydroxylation is 1. The fraction of sp³-hybridized carbons (Fsp3) is 0.444. The molecule has 1 aliphatic rings. The van der Waals surface area contributed by atoms with Gasteiger partial charge in [0.2, 0.25) is 0 Å². The second kappa shape index (κ2) is 6.16. The van der Waals surface area contributed by atoms with Crippen molar-refractivity contribution in [3.8, 4) is 5.69 Å². The normalized spacial score (nSPS) is 21.5. The molecule has 1 aromatic heterocycles. The lowest BCUT2D eigenvalue weighted by Crippen LogP contribution is -2.57. The third-order valence-electron chi connectivity index (χ3n) is 4.88. The van der Waals surface area contributed by atoms with Crippen LogP contribution >= 0.6 is 0 Å². The van der Waals surface area contributed by atoms with Crippen molar-refractivity contribution in [2.75, 3.05) is 13.1 Å². The topological polar surface area (TPSA) is 50.2 Å². The fourth-order valence-electron chi connectivity index (χ4n) is 3.16. The minimum atomic E-state index is 0.0724. The predicted octanol–water partition coefficient (Wildman–Crippen LogP) is 2.31. The highest BCUT2D eigenvalue weighted by Crippen LogP contribution is 2.20. The van der Waals surface area contributed by atoms with Crippen molar-refractivity contribution in [2.24, 2.45) is 0 Å². The molecule has 0 bridgehead atoms. The van der Waals surface area contributed by atoms with Crippen LogP contribution in [0.2, 0.25) is 0 Å². The van der Waals surface area contributed by atoms with Crippen molar-refractivity contribution in [3.63, 3.8) is 0 Å². The van der Waals surface area contributed by atoms with Crippen LogP contribution in [0.5, 0.6) is 0 Å². The van der Waals surface area contributed by atoms with E-state index in [0.29, 0.717) is 11.6 Å². The Labute approximate surface area is 137 Å². The molecule has 1 aliphatic heterocycles. The summed E-state index contributed by atoms with van der Waals surface area (Å²) in [6.07, 6.45) is 1.70. The number of carbonyl (C=O) groups is 1. The van der Waals surface area contributed by atoms with Crippen molar-refractivity contribution in [1.29, 1.82) is 0 Å². The summed E-state index contributed by atoms with van der Waals surface area (Å²) in [4.78, 5) is 14.9. The number of para-hydroxylation sites is 1. The first-order valence-electron chi connectivity index (χ1n) is 8.15.